The Morgan fingerprint density at radius 3 is 1.79 bits per heavy atom. The van der Waals surface area contributed by atoms with Crippen LogP contribution in [-0.2, 0) is 4.79 Å². The van der Waals surface area contributed by atoms with Crippen LogP contribution in [0.4, 0.5) is 0 Å². The minimum atomic E-state index is -0.742. The molecule has 0 aliphatic heterocycles. The van der Waals surface area contributed by atoms with E-state index in [1.807, 2.05) is 12.2 Å². The van der Waals surface area contributed by atoms with Gasteiger partial charge in [-0.2, -0.15) is 0 Å². The molecule has 0 bridgehead atoms. The van der Waals surface area contributed by atoms with Gasteiger partial charge in [0.25, 0.3) is 0 Å². The molecule has 0 rings (SSSR count). The summed E-state index contributed by atoms with van der Waals surface area (Å²) < 4.78 is 0. The van der Waals surface area contributed by atoms with Crippen LogP contribution in [0.25, 0.3) is 0 Å². The van der Waals surface area contributed by atoms with E-state index in [1.54, 1.807) is 0 Å². The molecule has 0 spiro atoms. The fourth-order valence-electron chi connectivity index (χ4n) is 1.85. The molecular weight excluding hydrogens is 296 g/mol. The molecule has 0 saturated heterocycles. The number of hydrogen-bond donors (Lipinski definition) is 1. The van der Waals surface area contributed by atoms with Gasteiger partial charge in [-0.15, -0.1) is 0 Å². The molecule has 0 aromatic rings. The van der Waals surface area contributed by atoms with Gasteiger partial charge < -0.3 is 5.11 Å². The molecule has 0 saturated carbocycles. The van der Waals surface area contributed by atoms with Crippen LogP contribution in [0.5, 0.6) is 0 Å². The van der Waals surface area contributed by atoms with E-state index in [-0.39, 0.29) is 6.42 Å². The molecule has 1 N–H and O–H groups in total. The predicted molar refractivity (Wildman–Crippen MR) is 105 cm³/mol. The van der Waals surface area contributed by atoms with Crippen molar-refractivity contribution in [3.8, 4) is 0 Å². The van der Waals surface area contributed by atoms with Gasteiger partial charge in [0.05, 0.1) is 0 Å². The summed E-state index contributed by atoms with van der Waals surface area (Å²) in [7, 11) is 0. The third-order valence-electron chi connectivity index (χ3n) is 3.13. The van der Waals surface area contributed by atoms with E-state index in [0.717, 1.165) is 38.5 Å². The number of aliphatic carboxylic acids is 1. The Balaban J connectivity index is 3.53. The first-order chi connectivity index (χ1) is 11.8. The molecule has 0 aliphatic carbocycles. The van der Waals surface area contributed by atoms with E-state index in [1.165, 1.54) is 0 Å². The van der Waals surface area contributed by atoms with Crippen molar-refractivity contribution in [1.29, 1.82) is 0 Å². The first-order valence-corrected chi connectivity index (χ1v) is 8.90. The summed E-state index contributed by atoms with van der Waals surface area (Å²) in [6.07, 6.45) is 32.4. The molecule has 0 amide bonds. The number of rotatable bonds is 14. The Labute approximate surface area is 147 Å². The van der Waals surface area contributed by atoms with Crippen molar-refractivity contribution in [2.45, 2.75) is 58.3 Å². The van der Waals surface area contributed by atoms with E-state index >= 15 is 0 Å². The molecule has 0 fully saturated rings. The van der Waals surface area contributed by atoms with E-state index in [0.29, 0.717) is 6.42 Å². The van der Waals surface area contributed by atoms with Gasteiger partial charge >= 0.3 is 5.97 Å². The van der Waals surface area contributed by atoms with Crippen LogP contribution < -0.4 is 0 Å². The van der Waals surface area contributed by atoms with E-state index in [4.69, 9.17) is 5.11 Å². The van der Waals surface area contributed by atoms with Gasteiger partial charge in [-0.3, -0.25) is 4.79 Å². The topological polar surface area (TPSA) is 37.3 Å². The van der Waals surface area contributed by atoms with Gasteiger partial charge in [0.2, 0.25) is 0 Å². The van der Waals surface area contributed by atoms with Crippen molar-refractivity contribution in [3.63, 3.8) is 0 Å². The SMILES string of the molecule is CCC=CCC/C=C/C=CCC=CCC=CCC=CCCC(=O)O. The standard InChI is InChI=1S/C22H32O2/c1-2-3-4-5-6-7-8-9-10-11-12-13-14-15-16-17-18-19-20-21-22(23)24/h3-4,7-10,12-13,15-16,18-19H,2,5-6,11,14,17,20-21H2,1H3,(H,23,24)/b4-3?,8-7+,10-9?,13-12?,16-15?,19-18?. The minimum Gasteiger partial charge on any atom is -0.481 e. The quantitative estimate of drug-likeness (QED) is 0.223. The molecule has 0 atom stereocenters. The Bertz CT molecular complexity index is 462. The maximum absolute atomic E-state index is 10.3. The Kier molecular flexibility index (Phi) is 17.3. The largest absolute Gasteiger partial charge is 0.481 e. The third kappa shape index (κ3) is 19.9. The molecule has 0 aromatic heterocycles. The second-order valence-corrected chi connectivity index (χ2v) is 5.37. The number of allylic oxidation sites excluding steroid dienone is 12. The Hall–Kier alpha value is -2.09. The predicted octanol–water partition coefficient (Wildman–Crippen LogP) is 6.55. The molecule has 24 heavy (non-hydrogen) atoms. The van der Waals surface area contributed by atoms with Gasteiger partial charge in [0.15, 0.2) is 0 Å². The van der Waals surface area contributed by atoms with Crippen molar-refractivity contribution in [2.75, 3.05) is 0 Å². The van der Waals surface area contributed by atoms with Crippen LogP contribution in [0.2, 0.25) is 0 Å². The van der Waals surface area contributed by atoms with Crippen LogP contribution in [0, 0.1) is 0 Å². The third-order valence-corrected chi connectivity index (χ3v) is 3.13. The molecular formula is C22H32O2. The van der Waals surface area contributed by atoms with Crippen LogP contribution in [0.15, 0.2) is 72.9 Å². The molecule has 0 aromatic carbocycles. The zero-order valence-electron chi connectivity index (χ0n) is 14.9. The van der Waals surface area contributed by atoms with Crippen molar-refractivity contribution in [1.82, 2.24) is 0 Å². The lowest BCUT2D eigenvalue weighted by molar-refractivity contribution is -0.136. The summed E-state index contributed by atoms with van der Waals surface area (Å²) in [5.41, 5.74) is 0. The monoisotopic (exact) mass is 328 g/mol. The molecule has 2 nitrogen and oxygen atoms in total. The van der Waals surface area contributed by atoms with Crippen LogP contribution in [0.1, 0.15) is 58.3 Å². The molecule has 132 valence electrons. The molecule has 0 radical (unpaired) electrons. The first kappa shape index (κ1) is 21.9. The van der Waals surface area contributed by atoms with Crippen molar-refractivity contribution >= 4 is 5.97 Å². The second kappa shape index (κ2) is 19.0. The van der Waals surface area contributed by atoms with E-state index in [2.05, 4.69) is 67.7 Å². The lowest BCUT2D eigenvalue weighted by Crippen LogP contribution is -1.91. The van der Waals surface area contributed by atoms with Crippen LogP contribution in [0.3, 0.4) is 0 Å². The van der Waals surface area contributed by atoms with E-state index in [9.17, 15) is 4.79 Å². The van der Waals surface area contributed by atoms with Gasteiger partial charge in [-0.25, -0.2) is 0 Å². The number of unbranched alkanes of at least 4 members (excludes halogenated alkanes) is 1. The number of hydrogen-bond acceptors (Lipinski definition) is 1. The molecule has 0 heterocycles. The summed E-state index contributed by atoms with van der Waals surface area (Å²) >= 11 is 0. The summed E-state index contributed by atoms with van der Waals surface area (Å²) in [6.45, 7) is 2.15. The van der Waals surface area contributed by atoms with E-state index < -0.39 is 5.97 Å². The van der Waals surface area contributed by atoms with Gasteiger partial charge in [-0.1, -0.05) is 79.8 Å². The van der Waals surface area contributed by atoms with Crippen molar-refractivity contribution in [3.05, 3.63) is 72.9 Å². The normalized spacial score (nSPS) is 13.0. The summed E-state index contributed by atoms with van der Waals surface area (Å²) in [4.78, 5) is 10.3. The average Bonchev–Trinajstić information content (AvgIpc) is 2.56. The smallest absolute Gasteiger partial charge is 0.303 e. The highest BCUT2D eigenvalue weighted by atomic mass is 16.4. The summed E-state index contributed by atoms with van der Waals surface area (Å²) in [6, 6.07) is 0. The lowest BCUT2D eigenvalue weighted by Gasteiger charge is -1.87. The molecule has 2 heteroatoms. The lowest BCUT2D eigenvalue weighted by atomic mass is 10.2. The highest BCUT2D eigenvalue weighted by Crippen LogP contribution is 1.97. The van der Waals surface area contributed by atoms with Crippen LogP contribution in [-0.4, -0.2) is 11.1 Å². The van der Waals surface area contributed by atoms with Crippen molar-refractivity contribution < 1.29 is 9.90 Å². The van der Waals surface area contributed by atoms with Crippen LogP contribution >= 0.6 is 0 Å². The highest BCUT2D eigenvalue weighted by molar-refractivity contribution is 5.66. The fraction of sp³-hybridized carbons (Fsp3) is 0.409. The Morgan fingerprint density at radius 1 is 0.667 bits per heavy atom. The zero-order chi connectivity index (χ0) is 17.7. The second-order valence-electron chi connectivity index (χ2n) is 5.37. The number of carboxylic acids is 1. The fourth-order valence-corrected chi connectivity index (χ4v) is 1.85. The van der Waals surface area contributed by atoms with Gasteiger partial charge in [-0.05, 0) is 44.9 Å². The molecule has 0 unspecified atom stereocenters. The Morgan fingerprint density at radius 2 is 1.17 bits per heavy atom. The maximum Gasteiger partial charge on any atom is 0.303 e. The highest BCUT2D eigenvalue weighted by Gasteiger charge is 1.90. The van der Waals surface area contributed by atoms with Gasteiger partial charge in [0.1, 0.15) is 0 Å². The molecule has 0 aliphatic rings. The van der Waals surface area contributed by atoms with Gasteiger partial charge in [0, 0.05) is 6.42 Å². The maximum atomic E-state index is 10.3. The van der Waals surface area contributed by atoms with Crippen molar-refractivity contribution in [2.24, 2.45) is 0 Å². The summed E-state index contributed by atoms with van der Waals surface area (Å²) in [5.74, 6) is -0.742. The number of carbonyl (C=O) groups is 1. The zero-order valence-corrected chi connectivity index (χ0v) is 14.9. The number of carboxylic acid groups (broad SMARTS) is 1. The summed E-state index contributed by atoms with van der Waals surface area (Å²) in [5, 5.41) is 8.49. The average molecular weight is 328 g/mol. The minimum absolute atomic E-state index is 0.210. The first-order valence-electron chi connectivity index (χ1n) is 8.90.